The highest BCUT2D eigenvalue weighted by atomic mass is 35.5. The predicted molar refractivity (Wildman–Crippen MR) is 54.4 cm³/mol. The number of alkyl halides is 3. The molecule has 88 valence electrons. The van der Waals surface area contributed by atoms with Crippen molar-refractivity contribution in [3.05, 3.63) is 28.8 Å². The van der Waals surface area contributed by atoms with Gasteiger partial charge in [-0.25, -0.2) is 4.79 Å². The van der Waals surface area contributed by atoms with Crippen LogP contribution in [0.5, 0.6) is 0 Å². The molecule has 2 amide bonds. The van der Waals surface area contributed by atoms with Gasteiger partial charge in [-0.15, -0.1) is 0 Å². The van der Waals surface area contributed by atoms with Crippen LogP contribution in [0.4, 0.5) is 23.7 Å². The normalized spacial score (nSPS) is 11.3. The molecule has 0 radical (unpaired) electrons. The number of nitrogens with zero attached hydrogens (tertiary/aromatic N) is 1. The number of rotatable bonds is 1. The number of benzene rings is 1. The number of amides is 2. The first kappa shape index (κ1) is 12.6. The van der Waals surface area contributed by atoms with Gasteiger partial charge in [-0.1, -0.05) is 11.6 Å². The molecule has 2 N–H and O–H groups in total. The topological polar surface area (TPSA) is 46.3 Å². The molecule has 0 heterocycles. The average Bonchev–Trinajstić information content (AvgIpc) is 2.15. The van der Waals surface area contributed by atoms with Gasteiger partial charge < -0.3 is 5.73 Å². The molecular formula is C9H8ClF3N2O. The number of carbonyl (C=O) groups excluding carboxylic acids is 1. The van der Waals surface area contributed by atoms with Crippen LogP contribution in [0, 0.1) is 0 Å². The van der Waals surface area contributed by atoms with E-state index >= 15 is 0 Å². The van der Waals surface area contributed by atoms with E-state index in [0.29, 0.717) is 0 Å². The van der Waals surface area contributed by atoms with E-state index in [1.54, 1.807) is 0 Å². The Balaban J connectivity index is 3.24. The van der Waals surface area contributed by atoms with E-state index in [9.17, 15) is 18.0 Å². The number of carbonyl (C=O) groups is 1. The number of hydrogen-bond donors (Lipinski definition) is 1. The molecule has 0 unspecified atom stereocenters. The standard InChI is InChI=1S/C9H8ClF3N2O/c1-15(8(14)16)7-4-5(9(11,12)13)2-3-6(7)10/h2-4H,1H3,(H2,14,16). The van der Waals surface area contributed by atoms with E-state index in [-0.39, 0.29) is 10.7 Å². The van der Waals surface area contributed by atoms with Gasteiger partial charge in [0.2, 0.25) is 0 Å². The van der Waals surface area contributed by atoms with Crippen LogP contribution in [-0.4, -0.2) is 13.1 Å². The highest BCUT2D eigenvalue weighted by molar-refractivity contribution is 6.33. The molecular weight excluding hydrogens is 245 g/mol. The van der Waals surface area contributed by atoms with Crippen molar-refractivity contribution in [2.45, 2.75) is 6.18 Å². The second-order valence-corrected chi connectivity index (χ2v) is 3.47. The largest absolute Gasteiger partial charge is 0.416 e. The van der Waals surface area contributed by atoms with Gasteiger partial charge in [-0.05, 0) is 18.2 Å². The number of halogens is 4. The third kappa shape index (κ3) is 2.57. The van der Waals surface area contributed by atoms with Crippen LogP contribution in [0.15, 0.2) is 18.2 Å². The SMILES string of the molecule is CN(C(N)=O)c1cc(C(F)(F)F)ccc1Cl. The lowest BCUT2D eigenvalue weighted by Crippen LogP contribution is -2.32. The van der Waals surface area contributed by atoms with Crippen LogP contribution in [0.25, 0.3) is 0 Å². The highest BCUT2D eigenvalue weighted by Gasteiger charge is 2.31. The number of urea groups is 1. The zero-order valence-corrected chi connectivity index (χ0v) is 8.93. The summed E-state index contributed by atoms with van der Waals surface area (Å²) in [4.78, 5) is 11.7. The Bertz CT molecular complexity index is 420. The van der Waals surface area contributed by atoms with E-state index in [1.165, 1.54) is 7.05 Å². The minimum absolute atomic E-state index is 0.0225. The third-order valence-electron chi connectivity index (χ3n) is 1.97. The first-order valence-corrected chi connectivity index (χ1v) is 4.51. The molecule has 0 bridgehead atoms. The molecule has 0 aromatic heterocycles. The maximum absolute atomic E-state index is 12.4. The number of anilines is 1. The maximum atomic E-state index is 12.4. The fourth-order valence-corrected chi connectivity index (χ4v) is 1.31. The quantitative estimate of drug-likeness (QED) is 0.821. The fourth-order valence-electron chi connectivity index (χ4n) is 1.06. The van der Waals surface area contributed by atoms with Crippen LogP contribution >= 0.6 is 11.6 Å². The lowest BCUT2D eigenvalue weighted by molar-refractivity contribution is -0.137. The summed E-state index contributed by atoms with van der Waals surface area (Å²) in [6.07, 6.45) is -4.49. The first-order chi connectivity index (χ1) is 7.23. The van der Waals surface area contributed by atoms with Gasteiger partial charge in [0.15, 0.2) is 0 Å². The number of primary amides is 1. The van der Waals surface area contributed by atoms with Crippen LogP contribution in [0.1, 0.15) is 5.56 Å². The number of nitrogens with two attached hydrogens (primary N) is 1. The molecule has 1 aromatic carbocycles. The van der Waals surface area contributed by atoms with E-state index in [0.717, 1.165) is 23.1 Å². The molecule has 0 aliphatic carbocycles. The van der Waals surface area contributed by atoms with Crippen molar-refractivity contribution >= 4 is 23.3 Å². The van der Waals surface area contributed by atoms with Crippen molar-refractivity contribution in [1.29, 1.82) is 0 Å². The Morgan fingerprint density at radius 1 is 1.44 bits per heavy atom. The maximum Gasteiger partial charge on any atom is 0.416 e. The number of hydrogen-bond acceptors (Lipinski definition) is 1. The van der Waals surface area contributed by atoms with Gasteiger partial charge in [0, 0.05) is 7.05 Å². The van der Waals surface area contributed by atoms with Gasteiger partial charge in [0.25, 0.3) is 0 Å². The van der Waals surface area contributed by atoms with E-state index in [1.807, 2.05) is 0 Å². The Hall–Kier alpha value is -1.43. The minimum Gasteiger partial charge on any atom is -0.351 e. The monoisotopic (exact) mass is 252 g/mol. The summed E-state index contributed by atoms with van der Waals surface area (Å²) in [5, 5.41) is 0.0225. The minimum atomic E-state index is -4.49. The first-order valence-electron chi connectivity index (χ1n) is 4.13. The van der Waals surface area contributed by atoms with Gasteiger partial charge in [-0.2, -0.15) is 13.2 Å². The van der Waals surface area contributed by atoms with Crippen molar-refractivity contribution in [3.8, 4) is 0 Å². The van der Waals surface area contributed by atoms with Gasteiger partial charge >= 0.3 is 12.2 Å². The lowest BCUT2D eigenvalue weighted by Gasteiger charge is -2.17. The molecule has 0 saturated heterocycles. The van der Waals surface area contributed by atoms with Crippen molar-refractivity contribution in [2.24, 2.45) is 5.73 Å². The smallest absolute Gasteiger partial charge is 0.351 e. The second kappa shape index (κ2) is 4.21. The summed E-state index contributed by atoms with van der Waals surface area (Å²) in [6.45, 7) is 0. The van der Waals surface area contributed by atoms with Crippen molar-refractivity contribution in [1.82, 2.24) is 0 Å². The second-order valence-electron chi connectivity index (χ2n) is 3.06. The Kier molecular flexibility index (Phi) is 3.32. The van der Waals surface area contributed by atoms with Gasteiger partial charge in [0.1, 0.15) is 0 Å². The molecule has 3 nitrogen and oxygen atoms in total. The molecule has 0 spiro atoms. The lowest BCUT2D eigenvalue weighted by atomic mass is 10.2. The molecule has 1 aromatic rings. The van der Waals surface area contributed by atoms with Gasteiger partial charge in [0.05, 0.1) is 16.3 Å². The fraction of sp³-hybridized carbons (Fsp3) is 0.222. The molecule has 0 aliphatic heterocycles. The Morgan fingerprint density at radius 2 is 2.00 bits per heavy atom. The molecule has 0 atom stereocenters. The molecule has 7 heteroatoms. The Morgan fingerprint density at radius 3 is 2.44 bits per heavy atom. The molecule has 0 aliphatic rings. The van der Waals surface area contributed by atoms with E-state index in [4.69, 9.17) is 17.3 Å². The van der Waals surface area contributed by atoms with Crippen molar-refractivity contribution in [2.75, 3.05) is 11.9 Å². The Labute approximate surface area is 94.6 Å². The summed E-state index contributed by atoms with van der Waals surface area (Å²) in [6, 6.07) is 1.79. The van der Waals surface area contributed by atoms with Gasteiger partial charge in [-0.3, -0.25) is 4.90 Å². The summed E-state index contributed by atoms with van der Waals surface area (Å²) in [5.41, 5.74) is 3.97. The summed E-state index contributed by atoms with van der Waals surface area (Å²) in [7, 11) is 1.24. The zero-order chi connectivity index (χ0) is 12.5. The molecule has 16 heavy (non-hydrogen) atoms. The van der Waals surface area contributed by atoms with Crippen LogP contribution in [0.3, 0.4) is 0 Å². The summed E-state index contributed by atoms with van der Waals surface area (Å²) in [5.74, 6) is 0. The zero-order valence-electron chi connectivity index (χ0n) is 8.18. The summed E-state index contributed by atoms with van der Waals surface area (Å²) >= 11 is 5.67. The van der Waals surface area contributed by atoms with E-state index < -0.39 is 17.8 Å². The van der Waals surface area contributed by atoms with Crippen molar-refractivity contribution in [3.63, 3.8) is 0 Å². The van der Waals surface area contributed by atoms with Crippen LogP contribution in [0.2, 0.25) is 5.02 Å². The van der Waals surface area contributed by atoms with Crippen LogP contribution < -0.4 is 10.6 Å². The highest BCUT2D eigenvalue weighted by Crippen LogP contribution is 2.34. The average molecular weight is 253 g/mol. The van der Waals surface area contributed by atoms with E-state index in [2.05, 4.69) is 0 Å². The third-order valence-corrected chi connectivity index (χ3v) is 2.29. The molecule has 0 saturated carbocycles. The van der Waals surface area contributed by atoms with Crippen LogP contribution in [-0.2, 0) is 6.18 Å². The summed E-state index contributed by atoms with van der Waals surface area (Å²) < 4.78 is 37.2. The molecule has 1 rings (SSSR count). The predicted octanol–water partition coefficient (Wildman–Crippen LogP) is 2.87. The molecule has 0 fully saturated rings. The van der Waals surface area contributed by atoms with Crippen molar-refractivity contribution < 1.29 is 18.0 Å².